The zero-order valence-electron chi connectivity index (χ0n) is 24.9. The molecule has 47 heavy (non-hydrogen) atoms. The van der Waals surface area contributed by atoms with Gasteiger partial charge in [-0.2, -0.15) is 0 Å². The molecule has 11 rings (SSSR count). The largest absolute Gasteiger partial charge is 0.456 e. The predicted molar refractivity (Wildman–Crippen MR) is 190 cm³/mol. The van der Waals surface area contributed by atoms with Crippen LogP contribution in [0.5, 0.6) is 0 Å². The SMILES string of the molecule is c1ccc2c(c1)oc1cc(N(c3cccc4oc5ccccc5c34)c3cccc4oc5ccc6c7ccccc7oc6c5c34)ccc12. The van der Waals surface area contributed by atoms with Crippen LogP contribution in [0, 0.1) is 0 Å². The van der Waals surface area contributed by atoms with Crippen molar-refractivity contribution in [2.24, 2.45) is 0 Å². The minimum Gasteiger partial charge on any atom is -0.456 e. The second-order valence-electron chi connectivity index (χ2n) is 12.0. The van der Waals surface area contributed by atoms with Crippen LogP contribution in [0.3, 0.4) is 0 Å². The van der Waals surface area contributed by atoms with Gasteiger partial charge in [0.2, 0.25) is 0 Å². The molecule has 0 aliphatic rings. The molecule has 220 valence electrons. The zero-order valence-corrected chi connectivity index (χ0v) is 24.9. The van der Waals surface area contributed by atoms with Crippen LogP contribution in [-0.2, 0) is 0 Å². The maximum atomic E-state index is 6.58. The Balaban J connectivity index is 1.29. The standard InChI is InChI=1S/C42H23NO4/c1-4-14-32-25(9-1)27-20-19-24(23-38(27)45-32)43(30-12-7-17-35-39(30)29-11-3-6-16-34(29)44-35)31-13-8-18-36-40(31)41-37(46-36)22-21-28-26-10-2-5-15-33(26)47-42(28)41/h1-23H. The summed E-state index contributed by atoms with van der Waals surface area (Å²) in [6.45, 7) is 0. The second-order valence-corrected chi connectivity index (χ2v) is 12.0. The van der Waals surface area contributed by atoms with Crippen molar-refractivity contribution in [2.45, 2.75) is 0 Å². The maximum absolute atomic E-state index is 6.58. The monoisotopic (exact) mass is 605 g/mol. The normalized spacial score (nSPS) is 12.3. The maximum Gasteiger partial charge on any atom is 0.147 e. The smallest absolute Gasteiger partial charge is 0.147 e. The van der Waals surface area contributed by atoms with Gasteiger partial charge in [0.15, 0.2) is 0 Å². The summed E-state index contributed by atoms with van der Waals surface area (Å²) in [7, 11) is 0. The summed E-state index contributed by atoms with van der Waals surface area (Å²) >= 11 is 0. The third-order valence-corrected chi connectivity index (χ3v) is 9.47. The van der Waals surface area contributed by atoms with Crippen LogP contribution in [0.15, 0.2) is 157 Å². The highest BCUT2D eigenvalue weighted by Gasteiger charge is 2.25. The van der Waals surface area contributed by atoms with Gasteiger partial charge in [-0.15, -0.1) is 0 Å². The molecule has 0 bridgehead atoms. The van der Waals surface area contributed by atoms with E-state index >= 15 is 0 Å². The molecule has 0 atom stereocenters. The summed E-state index contributed by atoms with van der Waals surface area (Å²) in [5.74, 6) is 0. The molecule has 4 aromatic heterocycles. The number of rotatable bonds is 3. The van der Waals surface area contributed by atoms with E-state index in [9.17, 15) is 0 Å². The van der Waals surface area contributed by atoms with Gasteiger partial charge in [-0.05, 0) is 66.7 Å². The van der Waals surface area contributed by atoms with E-state index in [2.05, 4.69) is 83.8 Å². The Bertz CT molecular complexity index is 3040. The number of nitrogens with zero attached hydrogens (tertiary/aromatic N) is 1. The van der Waals surface area contributed by atoms with E-state index in [1.807, 2.05) is 60.7 Å². The summed E-state index contributed by atoms with van der Waals surface area (Å²) in [6.07, 6.45) is 0. The molecule has 4 heterocycles. The fourth-order valence-corrected chi connectivity index (χ4v) is 7.46. The Morgan fingerprint density at radius 3 is 1.62 bits per heavy atom. The molecule has 5 heteroatoms. The fraction of sp³-hybridized carbons (Fsp3) is 0. The number of furan rings is 4. The molecule has 11 aromatic rings. The lowest BCUT2D eigenvalue weighted by atomic mass is 10.0. The van der Waals surface area contributed by atoms with Crippen molar-refractivity contribution in [3.63, 3.8) is 0 Å². The Morgan fingerprint density at radius 2 is 0.830 bits per heavy atom. The quantitative estimate of drug-likeness (QED) is 0.201. The van der Waals surface area contributed by atoms with Gasteiger partial charge in [0.25, 0.3) is 0 Å². The van der Waals surface area contributed by atoms with E-state index in [1.54, 1.807) is 0 Å². The molecule has 0 aliphatic carbocycles. The topological polar surface area (TPSA) is 55.8 Å². The molecular formula is C42H23NO4. The highest BCUT2D eigenvalue weighted by atomic mass is 16.3. The number of para-hydroxylation sites is 3. The van der Waals surface area contributed by atoms with Gasteiger partial charge >= 0.3 is 0 Å². The third kappa shape index (κ3) is 3.37. The Morgan fingerprint density at radius 1 is 0.319 bits per heavy atom. The van der Waals surface area contributed by atoms with Crippen LogP contribution in [0.1, 0.15) is 0 Å². The van der Waals surface area contributed by atoms with Crippen molar-refractivity contribution in [3.8, 4) is 0 Å². The molecule has 0 fully saturated rings. The van der Waals surface area contributed by atoms with Gasteiger partial charge < -0.3 is 22.6 Å². The molecule has 0 N–H and O–H groups in total. The van der Waals surface area contributed by atoms with Crippen molar-refractivity contribution in [2.75, 3.05) is 4.90 Å². The van der Waals surface area contributed by atoms with Crippen LogP contribution < -0.4 is 4.90 Å². The number of hydrogen-bond donors (Lipinski definition) is 0. The average molecular weight is 606 g/mol. The van der Waals surface area contributed by atoms with Crippen molar-refractivity contribution in [1.29, 1.82) is 0 Å². The zero-order chi connectivity index (χ0) is 30.6. The molecule has 0 saturated carbocycles. The lowest BCUT2D eigenvalue weighted by Gasteiger charge is -2.27. The Hall–Kier alpha value is -6.46. The molecule has 0 aliphatic heterocycles. The van der Waals surface area contributed by atoms with Crippen molar-refractivity contribution >= 4 is 105 Å². The van der Waals surface area contributed by atoms with Crippen molar-refractivity contribution < 1.29 is 17.7 Å². The summed E-state index contributed by atoms with van der Waals surface area (Å²) in [5, 5.41) is 8.32. The first-order valence-electron chi connectivity index (χ1n) is 15.7. The average Bonchev–Trinajstić information content (AvgIpc) is 3.88. The summed E-state index contributed by atoms with van der Waals surface area (Å²) < 4.78 is 25.9. The lowest BCUT2D eigenvalue weighted by Crippen LogP contribution is -2.10. The van der Waals surface area contributed by atoms with Gasteiger partial charge in [0.05, 0.1) is 27.5 Å². The predicted octanol–water partition coefficient (Wildman–Crippen LogP) is 12.8. The van der Waals surface area contributed by atoms with E-state index in [0.29, 0.717) is 0 Å². The van der Waals surface area contributed by atoms with Crippen LogP contribution >= 0.6 is 0 Å². The lowest BCUT2D eigenvalue weighted by molar-refractivity contribution is 0.662. The van der Waals surface area contributed by atoms with E-state index in [1.165, 1.54) is 0 Å². The molecular weight excluding hydrogens is 582 g/mol. The van der Waals surface area contributed by atoms with Crippen molar-refractivity contribution in [1.82, 2.24) is 0 Å². The first-order chi connectivity index (χ1) is 23.3. The number of benzene rings is 7. The van der Waals surface area contributed by atoms with Gasteiger partial charge in [0.1, 0.15) is 44.7 Å². The minimum atomic E-state index is 0.777. The van der Waals surface area contributed by atoms with E-state index in [-0.39, 0.29) is 0 Å². The fourth-order valence-electron chi connectivity index (χ4n) is 7.46. The molecule has 5 nitrogen and oxygen atoms in total. The molecule has 0 saturated heterocycles. The highest BCUT2D eigenvalue weighted by Crippen LogP contribution is 2.49. The first-order valence-corrected chi connectivity index (χ1v) is 15.7. The third-order valence-electron chi connectivity index (χ3n) is 9.47. The van der Waals surface area contributed by atoms with Gasteiger partial charge in [0, 0.05) is 38.7 Å². The van der Waals surface area contributed by atoms with E-state index in [4.69, 9.17) is 17.7 Å². The number of anilines is 3. The minimum absolute atomic E-state index is 0.777. The first kappa shape index (κ1) is 24.8. The summed E-state index contributed by atoms with van der Waals surface area (Å²) in [4.78, 5) is 2.30. The summed E-state index contributed by atoms with van der Waals surface area (Å²) in [5.41, 5.74) is 9.48. The van der Waals surface area contributed by atoms with Crippen LogP contribution in [0.4, 0.5) is 17.1 Å². The van der Waals surface area contributed by atoms with Crippen LogP contribution in [0.2, 0.25) is 0 Å². The van der Waals surface area contributed by atoms with Gasteiger partial charge in [-0.1, -0.05) is 66.7 Å². The van der Waals surface area contributed by atoms with E-state index < -0.39 is 0 Å². The highest BCUT2D eigenvalue weighted by molar-refractivity contribution is 6.26. The van der Waals surface area contributed by atoms with Crippen molar-refractivity contribution in [3.05, 3.63) is 140 Å². The van der Waals surface area contributed by atoms with E-state index in [0.717, 1.165) is 105 Å². The molecule has 0 radical (unpaired) electrons. The number of hydrogen-bond acceptors (Lipinski definition) is 5. The second kappa shape index (κ2) is 9.05. The number of fused-ring (bicyclic) bond motifs is 13. The molecule has 0 spiro atoms. The molecule has 0 unspecified atom stereocenters. The van der Waals surface area contributed by atoms with Gasteiger partial charge in [-0.25, -0.2) is 0 Å². The molecule has 0 amide bonds. The van der Waals surface area contributed by atoms with Gasteiger partial charge in [-0.3, -0.25) is 0 Å². The summed E-state index contributed by atoms with van der Waals surface area (Å²) in [6, 6.07) is 47.6. The van der Waals surface area contributed by atoms with Crippen LogP contribution in [-0.4, -0.2) is 0 Å². The Kier molecular flexibility index (Phi) is 4.78. The molecule has 7 aromatic carbocycles. The van der Waals surface area contributed by atoms with Crippen LogP contribution in [0.25, 0.3) is 87.8 Å². The Labute approximate surface area is 266 Å².